The third-order valence-electron chi connectivity index (χ3n) is 4.51. The quantitative estimate of drug-likeness (QED) is 0.634. The zero-order chi connectivity index (χ0) is 20.4. The number of carbonyl (C=O) groups excluding carboxylic acids is 2. The van der Waals surface area contributed by atoms with Gasteiger partial charge in [0.15, 0.2) is 0 Å². The van der Waals surface area contributed by atoms with E-state index in [1.165, 1.54) is 36.7 Å². The molecule has 0 radical (unpaired) electrons. The summed E-state index contributed by atoms with van der Waals surface area (Å²) in [4.78, 5) is 24.9. The number of fused-ring (bicyclic) bond motifs is 1. The Hall–Kier alpha value is -3.75. The number of rotatable bonds is 3. The summed E-state index contributed by atoms with van der Waals surface area (Å²) >= 11 is 0. The normalized spacial score (nSPS) is 15.7. The molecule has 9 heteroatoms. The molecule has 3 N–H and O–H groups in total. The van der Waals surface area contributed by atoms with Gasteiger partial charge in [-0.1, -0.05) is 18.2 Å². The number of aromatic nitrogens is 2. The molecule has 3 aromatic rings. The molecule has 0 bridgehead atoms. The lowest BCUT2D eigenvalue weighted by Crippen LogP contribution is -2.48. The van der Waals surface area contributed by atoms with E-state index in [1.807, 2.05) is 0 Å². The van der Waals surface area contributed by atoms with Crippen LogP contribution in [0.3, 0.4) is 0 Å². The predicted octanol–water partition coefficient (Wildman–Crippen LogP) is 2.74. The Bertz CT molecular complexity index is 1080. The van der Waals surface area contributed by atoms with E-state index in [2.05, 4.69) is 21.0 Å². The molecule has 1 aliphatic heterocycles. The van der Waals surface area contributed by atoms with E-state index in [-0.39, 0.29) is 18.0 Å². The number of nitrogens with zero attached hydrogens (tertiary/aromatic N) is 2. The molecule has 0 spiro atoms. The molecule has 148 valence electrons. The summed E-state index contributed by atoms with van der Waals surface area (Å²) in [5.41, 5.74) is 1.94. The van der Waals surface area contributed by atoms with E-state index in [1.54, 1.807) is 18.2 Å². The highest BCUT2D eigenvalue weighted by Gasteiger charge is 2.27. The van der Waals surface area contributed by atoms with E-state index >= 15 is 0 Å². The lowest BCUT2D eigenvalue weighted by molar-refractivity contribution is -0.117. The number of nitrogens with one attached hydrogen (secondary N) is 3. The zero-order valence-electron chi connectivity index (χ0n) is 15.2. The first-order valence-corrected chi connectivity index (χ1v) is 8.92. The maximum Gasteiger partial charge on any atom is 0.342 e. The van der Waals surface area contributed by atoms with Gasteiger partial charge in [0.1, 0.15) is 23.4 Å². The minimum atomic E-state index is -0.926. The monoisotopic (exact) mass is 397 g/mol. The van der Waals surface area contributed by atoms with E-state index in [0.717, 1.165) is 10.2 Å². The number of hydrogen-bond donors (Lipinski definition) is 3. The minimum absolute atomic E-state index is 0.0470. The largest absolute Gasteiger partial charge is 0.381 e. The zero-order valence-corrected chi connectivity index (χ0v) is 15.2. The molecule has 4 rings (SSSR count). The number of benzene rings is 2. The Morgan fingerprint density at radius 2 is 2.03 bits per heavy atom. The van der Waals surface area contributed by atoms with Gasteiger partial charge in [0.05, 0.1) is 11.9 Å². The second kappa shape index (κ2) is 7.70. The lowest BCUT2D eigenvalue weighted by atomic mass is 10.1. The number of hydrogen-bond acceptors (Lipinski definition) is 4. The van der Waals surface area contributed by atoms with Crippen molar-refractivity contribution in [3.63, 3.8) is 0 Å². The van der Waals surface area contributed by atoms with Gasteiger partial charge in [-0.15, -0.1) is 0 Å². The first-order chi connectivity index (χ1) is 14.0. The van der Waals surface area contributed by atoms with Crippen LogP contribution in [-0.4, -0.2) is 34.3 Å². The highest BCUT2D eigenvalue weighted by molar-refractivity contribution is 6.01. The maximum absolute atomic E-state index is 13.9. The summed E-state index contributed by atoms with van der Waals surface area (Å²) in [6, 6.07) is 9.02. The van der Waals surface area contributed by atoms with Crippen molar-refractivity contribution in [1.82, 2.24) is 15.1 Å². The second-order valence-electron chi connectivity index (χ2n) is 6.63. The summed E-state index contributed by atoms with van der Waals surface area (Å²) in [5.74, 6) is -1.44. The molecule has 7 nitrogen and oxygen atoms in total. The van der Waals surface area contributed by atoms with E-state index in [4.69, 9.17) is 0 Å². The second-order valence-corrected chi connectivity index (χ2v) is 6.63. The Balaban J connectivity index is 1.43. The summed E-state index contributed by atoms with van der Waals surface area (Å²) in [6.07, 6.45) is 3.42. The van der Waals surface area contributed by atoms with Gasteiger partial charge in [0.25, 0.3) is 0 Å². The van der Waals surface area contributed by atoms with Crippen molar-refractivity contribution >= 4 is 23.3 Å². The van der Waals surface area contributed by atoms with Crippen molar-refractivity contribution in [2.45, 2.75) is 12.5 Å². The first-order valence-electron chi connectivity index (χ1n) is 8.92. The molecule has 1 atom stereocenters. The molecular weight excluding hydrogens is 380 g/mol. The highest BCUT2D eigenvalue weighted by atomic mass is 19.1. The van der Waals surface area contributed by atoms with Crippen molar-refractivity contribution in [3.05, 3.63) is 77.6 Å². The van der Waals surface area contributed by atoms with Crippen LogP contribution in [0.2, 0.25) is 0 Å². The highest BCUT2D eigenvalue weighted by Crippen LogP contribution is 2.26. The van der Waals surface area contributed by atoms with Gasteiger partial charge in [0, 0.05) is 19.2 Å². The van der Waals surface area contributed by atoms with Gasteiger partial charge in [-0.25, -0.2) is 13.6 Å². The fourth-order valence-electron chi connectivity index (χ4n) is 3.09. The molecule has 2 aromatic carbocycles. The Morgan fingerprint density at radius 1 is 1.21 bits per heavy atom. The summed E-state index contributed by atoms with van der Waals surface area (Å²) < 4.78 is 28.3. The number of para-hydroxylation sites is 1. The van der Waals surface area contributed by atoms with Gasteiger partial charge >= 0.3 is 6.03 Å². The first kappa shape index (κ1) is 18.6. The van der Waals surface area contributed by atoms with Gasteiger partial charge < -0.3 is 16.0 Å². The third-order valence-corrected chi connectivity index (χ3v) is 4.51. The number of anilines is 2. The van der Waals surface area contributed by atoms with Gasteiger partial charge in [-0.05, 0) is 35.4 Å². The van der Waals surface area contributed by atoms with E-state index in [0.29, 0.717) is 17.7 Å². The fourth-order valence-corrected chi connectivity index (χ4v) is 3.09. The molecule has 1 aliphatic rings. The van der Waals surface area contributed by atoms with Crippen molar-refractivity contribution in [2.24, 2.45) is 0 Å². The van der Waals surface area contributed by atoms with Crippen molar-refractivity contribution in [1.29, 1.82) is 0 Å². The Morgan fingerprint density at radius 3 is 2.86 bits per heavy atom. The van der Waals surface area contributed by atoms with Crippen LogP contribution in [0.25, 0.3) is 0 Å². The topological polar surface area (TPSA) is 88.0 Å². The van der Waals surface area contributed by atoms with Gasteiger partial charge in [-0.2, -0.15) is 9.78 Å². The minimum Gasteiger partial charge on any atom is -0.381 e. The molecule has 2 amide bonds. The van der Waals surface area contributed by atoms with Crippen LogP contribution in [0.1, 0.15) is 11.1 Å². The molecule has 0 aliphatic carbocycles. The van der Waals surface area contributed by atoms with Crippen LogP contribution in [-0.2, 0) is 11.2 Å². The molecule has 0 fully saturated rings. The smallest absolute Gasteiger partial charge is 0.342 e. The van der Waals surface area contributed by atoms with Crippen molar-refractivity contribution in [2.75, 3.05) is 17.2 Å². The average Bonchev–Trinajstić information content (AvgIpc) is 3.09. The number of carbonyl (C=O) groups is 2. The molecule has 0 saturated heterocycles. The molecule has 0 saturated carbocycles. The van der Waals surface area contributed by atoms with Crippen molar-refractivity contribution < 1.29 is 18.4 Å². The van der Waals surface area contributed by atoms with E-state index in [9.17, 15) is 18.4 Å². The van der Waals surface area contributed by atoms with Crippen LogP contribution in [0.15, 0.2) is 54.9 Å². The SMILES string of the molecule is O=C1Nc2c(F)cccc2NC[C@@H]1NC(=O)n1cc(Cc2cccc(F)c2)cn1. The average molecular weight is 397 g/mol. The third kappa shape index (κ3) is 4.08. The van der Waals surface area contributed by atoms with Crippen LogP contribution in [0.5, 0.6) is 0 Å². The lowest BCUT2D eigenvalue weighted by Gasteiger charge is -2.15. The van der Waals surface area contributed by atoms with Crippen LogP contribution in [0, 0.1) is 11.6 Å². The van der Waals surface area contributed by atoms with Gasteiger partial charge in [0.2, 0.25) is 5.91 Å². The Kier molecular flexibility index (Phi) is 4.94. The van der Waals surface area contributed by atoms with E-state index < -0.39 is 23.8 Å². The van der Waals surface area contributed by atoms with Crippen LogP contribution in [0.4, 0.5) is 25.0 Å². The van der Waals surface area contributed by atoms with Crippen molar-refractivity contribution in [3.8, 4) is 0 Å². The Labute approximate surface area is 164 Å². The number of amides is 2. The maximum atomic E-state index is 13.9. The molecule has 2 heterocycles. The molecule has 1 aromatic heterocycles. The van der Waals surface area contributed by atoms with Gasteiger partial charge in [-0.3, -0.25) is 4.79 Å². The van der Waals surface area contributed by atoms with Crippen LogP contribution >= 0.6 is 0 Å². The standard InChI is InChI=1S/C20H17F2N5O2/c21-14-4-1-3-12(8-14)7-13-9-24-27(11-13)20(29)25-17-10-23-16-6-2-5-15(22)18(16)26-19(17)28/h1-6,8-9,11,17,23H,7,10H2,(H,25,29)(H,26,28)/t17-/m0/s1. The fraction of sp³-hybridized carbons (Fsp3) is 0.150. The summed E-state index contributed by atoms with van der Waals surface area (Å²) in [6.45, 7) is 0.0887. The summed E-state index contributed by atoms with van der Waals surface area (Å²) in [5, 5.41) is 12.0. The van der Waals surface area contributed by atoms with Crippen LogP contribution < -0.4 is 16.0 Å². The summed E-state index contributed by atoms with van der Waals surface area (Å²) in [7, 11) is 0. The molecule has 29 heavy (non-hydrogen) atoms. The molecule has 0 unspecified atom stereocenters. The molecular formula is C20H17F2N5O2. The predicted molar refractivity (Wildman–Crippen MR) is 103 cm³/mol. The number of halogens is 2.